The molecule has 1 atom stereocenters. The maximum absolute atomic E-state index is 12.3. The van der Waals surface area contributed by atoms with E-state index in [1.54, 1.807) is 18.2 Å². The Hall–Kier alpha value is -1.57. The van der Waals surface area contributed by atoms with Gasteiger partial charge < -0.3 is 19.9 Å². The molecule has 0 spiro atoms. The number of aryl methyl sites for hydroxylation is 1. The third-order valence-corrected chi connectivity index (χ3v) is 4.49. The molecule has 2 aromatic rings. The Labute approximate surface area is 161 Å². The average molecular weight is 431 g/mol. The lowest BCUT2D eigenvalue weighted by Gasteiger charge is -2.23. The lowest BCUT2D eigenvalue weighted by atomic mass is 10.1. The number of carbonyl (C=O) groups is 1. The van der Waals surface area contributed by atoms with Gasteiger partial charge in [-0.15, -0.1) is 12.4 Å². The smallest absolute Gasteiger partial charge is 0.251 e. The summed E-state index contributed by atoms with van der Waals surface area (Å²) in [5, 5.41) is 10.2. The fourth-order valence-electron chi connectivity index (χ4n) is 2.64. The molecule has 1 aliphatic heterocycles. The van der Waals surface area contributed by atoms with Crippen molar-refractivity contribution < 1.29 is 14.1 Å². The Bertz CT molecular complexity index is 717. The van der Waals surface area contributed by atoms with Crippen molar-refractivity contribution >= 4 is 34.2 Å². The van der Waals surface area contributed by atoms with Crippen LogP contribution in [0.3, 0.4) is 0 Å². The number of carbonyl (C=O) groups excluding carboxylic acids is 1. The van der Waals surface area contributed by atoms with E-state index in [9.17, 15) is 4.79 Å². The summed E-state index contributed by atoms with van der Waals surface area (Å²) >= 11 is 3.46. The Morgan fingerprint density at radius 1 is 1.48 bits per heavy atom. The molecule has 6 nitrogen and oxygen atoms in total. The molecule has 0 bridgehead atoms. The fraction of sp³-hybridized carbons (Fsp3) is 0.412. The van der Waals surface area contributed by atoms with Crippen LogP contribution < -0.4 is 15.4 Å². The van der Waals surface area contributed by atoms with Crippen LogP contribution in [0.25, 0.3) is 0 Å². The highest BCUT2D eigenvalue weighted by atomic mass is 79.9. The standard InChI is InChI=1S/C17H20BrN3O3.ClH/c1-11-7-14(24-21-11)10-23-16-5-4-12(8-15(16)18)17(22)20-13-3-2-6-19-9-13;/h4-5,7-8,13,19H,2-3,6,9-10H2,1H3,(H,20,22);1H/t13-;/m0./s1. The van der Waals surface area contributed by atoms with Crippen LogP contribution in [0.5, 0.6) is 5.75 Å². The van der Waals surface area contributed by atoms with E-state index in [0.717, 1.165) is 36.1 Å². The summed E-state index contributed by atoms with van der Waals surface area (Å²) < 4.78 is 11.5. The third kappa shape index (κ3) is 5.45. The van der Waals surface area contributed by atoms with Crippen molar-refractivity contribution in [2.24, 2.45) is 0 Å². The molecule has 8 heteroatoms. The first-order chi connectivity index (χ1) is 11.6. The van der Waals surface area contributed by atoms with Crippen molar-refractivity contribution in [3.63, 3.8) is 0 Å². The van der Waals surface area contributed by atoms with Crippen LogP contribution in [0.1, 0.15) is 34.7 Å². The maximum Gasteiger partial charge on any atom is 0.251 e. The van der Waals surface area contributed by atoms with Gasteiger partial charge in [0.15, 0.2) is 5.76 Å². The molecule has 0 radical (unpaired) electrons. The minimum absolute atomic E-state index is 0. The molecule has 25 heavy (non-hydrogen) atoms. The van der Waals surface area contributed by atoms with Crippen molar-refractivity contribution in [1.82, 2.24) is 15.8 Å². The van der Waals surface area contributed by atoms with E-state index in [1.165, 1.54) is 0 Å². The van der Waals surface area contributed by atoms with E-state index in [0.29, 0.717) is 23.7 Å². The Morgan fingerprint density at radius 2 is 2.32 bits per heavy atom. The molecule has 1 aromatic heterocycles. The number of hydrogen-bond donors (Lipinski definition) is 2. The summed E-state index contributed by atoms with van der Waals surface area (Å²) in [6.45, 7) is 4.00. The summed E-state index contributed by atoms with van der Waals surface area (Å²) in [7, 11) is 0. The number of amides is 1. The summed E-state index contributed by atoms with van der Waals surface area (Å²) in [6.07, 6.45) is 2.10. The van der Waals surface area contributed by atoms with Gasteiger partial charge in [0.1, 0.15) is 12.4 Å². The Kier molecular flexibility index (Phi) is 7.28. The zero-order chi connectivity index (χ0) is 16.9. The van der Waals surface area contributed by atoms with E-state index in [1.807, 2.05) is 13.0 Å². The molecule has 1 aromatic carbocycles. The van der Waals surface area contributed by atoms with E-state index in [-0.39, 0.29) is 24.4 Å². The highest BCUT2D eigenvalue weighted by Gasteiger charge is 2.17. The molecule has 0 saturated carbocycles. The number of aromatic nitrogens is 1. The number of rotatable bonds is 5. The van der Waals surface area contributed by atoms with Crippen molar-refractivity contribution in [2.45, 2.75) is 32.4 Å². The first kappa shape index (κ1) is 19.8. The van der Waals surface area contributed by atoms with Gasteiger partial charge in [0, 0.05) is 24.2 Å². The molecule has 0 aliphatic carbocycles. The van der Waals surface area contributed by atoms with Crippen LogP contribution in [0.4, 0.5) is 0 Å². The molecule has 1 amide bonds. The SMILES string of the molecule is Cc1cc(COc2ccc(C(=O)N[C@H]3CCCNC3)cc2Br)on1.Cl. The first-order valence-electron chi connectivity index (χ1n) is 7.98. The van der Waals surface area contributed by atoms with E-state index in [4.69, 9.17) is 9.26 Å². The summed E-state index contributed by atoms with van der Waals surface area (Å²) in [4.78, 5) is 12.3. The highest BCUT2D eigenvalue weighted by Crippen LogP contribution is 2.27. The van der Waals surface area contributed by atoms with Gasteiger partial charge in [-0.25, -0.2) is 0 Å². The van der Waals surface area contributed by atoms with Crippen LogP contribution in [0.15, 0.2) is 33.3 Å². The topological polar surface area (TPSA) is 76.4 Å². The third-order valence-electron chi connectivity index (χ3n) is 3.87. The number of nitrogens with zero attached hydrogens (tertiary/aromatic N) is 1. The number of nitrogens with one attached hydrogen (secondary N) is 2. The molecular formula is C17H21BrClN3O3. The predicted octanol–water partition coefficient (Wildman–Crippen LogP) is 3.23. The molecule has 3 rings (SSSR count). The van der Waals surface area contributed by atoms with Gasteiger partial charge in [0.05, 0.1) is 10.2 Å². The van der Waals surface area contributed by atoms with Crippen molar-refractivity contribution in [1.29, 1.82) is 0 Å². The molecule has 1 aliphatic rings. The van der Waals surface area contributed by atoms with Gasteiger partial charge >= 0.3 is 0 Å². The zero-order valence-electron chi connectivity index (χ0n) is 13.9. The monoisotopic (exact) mass is 429 g/mol. The summed E-state index contributed by atoms with van der Waals surface area (Å²) in [5.41, 5.74) is 1.42. The number of benzene rings is 1. The van der Waals surface area contributed by atoms with Gasteiger partial charge in [0.25, 0.3) is 5.91 Å². The average Bonchev–Trinajstić information content (AvgIpc) is 3.00. The lowest BCUT2D eigenvalue weighted by molar-refractivity contribution is 0.0930. The van der Waals surface area contributed by atoms with Crippen LogP contribution in [-0.2, 0) is 6.61 Å². The predicted molar refractivity (Wildman–Crippen MR) is 100 cm³/mol. The number of hydrogen-bond acceptors (Lipinski definition) is 5. The minimum atomic E-state index is -0.0678. The Balaban J connectivity index is 0.00000225. The molecule has 1 saturated heterocycles. The van der Waals surface area contributed by atoms with Gasteiger partial charge in [-0.05, 0) is 60.4 Å². The second-order valence-electron chi connectivity index (χ2n) is 5.89. The van der Waals surface area contributed by atoms with Crippen molar-refractivity contribution in [3.05, 3.63) is 45.8 Å². The van der Waals surface area contributed by atoms with Crippen molar-refractivity contribution in [3.8, 4) is 5.75 Å². The van der Waals surface area contributed by atoms with Gasteiger partial charge in [0.2, 0.25) is 0 Å². The summed E-state index contributed by atoms with van der Waals surface area (Å²) in [6, 6.07) is 7.33. The van der Waals surface area contributed by atoms with Gasteiger partial charge in [-0.1, -0.05) is 5.16 Å². The second-order valence-corrected chi connectivity index (χ2v) is 6.74. The van der Waals surface area contributed by atoms with Crippen LogP contribution in [-0.4, -0.2) is 30.2 Å². The molecule has 136 valence electrons. The molecule has 1 fully saturated rings. The van der Waals surface area contributed by atoms with E-state index < -0.39 is 0 Å². The zero-order valence-corrected chi connectivity index (χ0v) is 16.3. The van der Waals surface area contributed by atoms with Crippen molar-refractivity contribution in [2.75, 3.05) is 13.1 Å². The Morgan fingerprint density at radius 3 is 2.96 bits per heavy atom. The van der Waals surface area contributed by atoms with Crippen LogP contribution >= 0.6 is 28.3 Å². The lowest BCUT2D eigenvalue weighted by Crippen LogP contribution is -2.45. The molecule has 2 N–H and O–H groups in total. The molecular weight excluding hydrogens is 410 g/mol. The quantitative estimate of drug-likeness (QED) is 0.761. The fourth-order valence-corrected chi connectivity index (χ4v) is 3.13. The van der Waals surface area contributed by atoms with E-state index >= 15 is 0 Å². The number of halogens is 2. The van der Waals surface area contributed by atoms with Gasteiger partial charge in [-0.3, -0.25) is 4.79 Å². The first-order valence-corrected chi connectivity index (χ1v) is 8.77. The summed E-state index contributed by atoms with van der Waals surface area (Å²) in [5.74, 6) is 1.24. The minimum Gasteiger partial charge on any atom is -0.484 e. The number of piperidine rings is 1. The van der Waals surface area contributed by atoms with Crippen LogP contribution in [0, 0.1) is 6.92 Å². The maximum atomic E-state index is 12.3. The molecule has 2 heterocycles. The second kappa shape index (κ2) is 9.22. The largest absolute Gasteiger partial charge is 0.484 e. The van der Waals surface area contributed by atoms with E-state index in [2.05, 4.69) is 31.7 Å². The molecule has 0 unspecified atom stereocenters. The highest BCUT2D eigenvalue weighted by molar-refractivity contribution is 9.10. The van der Waals surface area contributed by atoms with Crippen LogP contribution in [0.2, 0.25) is 0 Å². The van der Waals surface area contributed by atoms with Gasteiger partial charge in [-0.2, -0.15) is 0 Å². The number of ether oxygens (including phenoxy) is 1. The normalized spacial score (nSPS) is 16.8.